The maximum absolute atomic E-state index is 10.2. The smallest absolute Gasteiger partial charge is 0.124 e. The minimum absolute atomic E-state index is 0.352. The highest BCUT2D eigenvalue weighted by atomic mass is 35.5. The van der Waals surface area contributed by atoms with Gasteiger partial charge in [-0.05, 0) is 38.2 Å². The van der Waals surface area contributed by atoms with E-state index in [1.807, 2.05) is 7.05 Å². The van der Waals surface area contributed by atoms with Gasteiger partial charge in [0, 0.05) is 16.6 Å². The van der Waals surface area contributed by atoms with Crippen LogP contribution in [-0.4, -0.2) is 31.9 Å². The van der Waals surface area contributed by atoms with E-state index in [9.17, 15) is 5.11 Å². The second kappa shape index (κ2) is 6.81. The summed E-state index contributed by atoms with van der Waals surface area (Å²) in [6.07, 6.45) is -0.107. The monoisotopic (exact) mass is 258 g/mol. The molecule has 0 fully saturated rings. The molecule has 17 heavy (non-hydrogen) atoms. The minimum atomic E-state index is -0.781. The summed E-state index contributed by atoms with van der Waals surface area (Å²) in [5.41, 5.74) is 6.55. The van der Waals surface area contributed by atoms with Gasteiger partial charge in [-0.25, -0.2) is 0 Å². The third-order valence-corrected chi connectivity index (χ3v) is 2.88. The maximum Gasteiger partial charge on any atom is 0.124 e. The zero-order chi connectivity index (χ0) is 12.8. The number of nitrogens with one attached hydrogen (secondary N) is 1. The lowest BCUT2D eigenvalue weighted by atomic mass is 9.99. The van der Waals surface area contributed by atoms with Crippen LogP contribution in [0.2, 0.25) is 5.02 Å². The number of nitrogens with two attached hydrogens (primary N) is 1. The van der Waals surface area contributed by atoms with Crippen LogP contribution in [0.3, 0.4) is 0 Å². The van der Waals surface area contributed by atoms with Gasteiger partial charge in [0.25, 0.3) is 0 Å². The molecule has 2 atom stereocenters. The van der Waals surface area contributed by atoms with Gasteiger partial charge in [0.05, 0.1) is 13.2 Å². The molecule has 0 aliphatic heterocycles. The summed E-state index contributed by atoms with van der Waals surface area (Å²) in [6.45, 7) is 0.751. The van der Waals surface area contributed by atoms with E-state index in [2.05, 4.69) is 5.32 Å². The number of ether oxygens (including phenoxy) is 1. The van der Waals surface area contributed by atoms with Crippen molar-refractivity contribution in [3.05, 3.63) is 28.8 Å². The molecule has 1 aromatic rings. The molecule has 0 spiro atoms. The summed E-state index contributed by atoms with van der Waals surface area (Å²) in [4.78, 5) is 0. The number of hydrogen-bond donors (Lipinski definition) is 3. The third kappa shape index (κ3) is 3.85. The Morgan fingerprint density at radius 2 is 2.24 bits per heavy atom. The molecule has 0 radical (unpaired) electrons. The normalized spacial score (nSPS) is 14.4. The van der Waals surface area contributed by atoms with Gasteiger partial charge in [-0.15, -0.1) is 0 Å². The molecule has 4 nitrogen and oxygen atoms in total. The molecule has 0 heterocycles. The molecule has 1 rings (SSSR count). The average molecular weight is 259 g/mol. The van der Waals surface area contributed by atoms with Crippen LogP contribution >= 0.6 is 11.6 Å². The number of rotatable bonds is 6. The Labute approximate surface area is 107 Å². The SMILES string of the molecule is CNCCC(N)C(O)c1cc(Cl)ccc1OC. The third-order valence-electron chi connectivity index (χ3n) is 2.64. The van der Waals surface area contributed by atoms with Crippen molar-refractivity contribution in [3.63, 3.8) is 0 Å². The number of benzene rings is 1. The molecule has 2 unspecified atom stereocenters. The fourth-order valence-electron chi connectivity index (χ4n) is 1.64. The van der Waals surface area contributed by atoms with Crippen molar-refractivity contribution in [2.75, 3.05) is 20.7 Å². The first kappa shape index (κ1) is 14.3. The molecule has 0 saturated heterocycles. The Morgan fingerprint density at radius 1 is 1.53 bits per heavy atom. The molecule has 0 aromatic heterocycles. The molecular weight excluding hydrogens is 240 g/mol. The van der Waals surface area contributed by atoms with Gasteiger partial charge in [0.2, 0.25) is 0 Å². The summed E-state index contributed by atoms with van der Waals surface area (Å²) in [5.74, 6) is 0.599. The summed E-state index contributed by atoms with van der Waals surface area (Å²) in [6, 6.07) is 4.78. The zero-order valence-corrected chi connectivity index (χ0v) is 10.9. The molecule has 0 bridgehead atoms. The lowest BCUT2D eigenvalue weighted by Crippen LogP contribution is -2.31. The predicted molar refractivity (Wildman–Crippen MR) is 69.5 cm³/mol. The number of hydrogen-bond acceptors (Lipinski definition) is 4. The van der Waals surface area contributed by atoms with Crippen molar-refractivity contribution in [2.45, 2.75) is 18.6 Å². The molecule has 5 heteroatoms. The summed E-state index contributed by atoms with van der Waals surface area (Å²) in [7, 11) is 3.40. The number of methoxy groups -OCH3 is 1. The largest absolute Gasteiger partial charge is 0.496 e. The Morgan fingerprint density at radius 3 is 2.82 bits per heavy atom. The highest BCUT2D eigenvalue weighted by molar-refractivity contribution is 6.30. The van der Waals surface area contributed by atoms with E-state index in [1.54, 1.807) is 25.3 Å². The van der Waals surface area contributed by atoms with E-state index in [0.717, 1.165) is 6.54 Å². The fraction of sp³-hybridized carbons (Fsp3) is 0.500. The Kier molecular flexibility index (Phi) is 5.71. The van der Waals surface area contributed by atoms with Crippen LogP contribution in [0.5, 0.6) is 5.75 Å². The van der Waals surface area contributed by atoms with Gasteiger partial charge in [0.1, 0.15) is 5.75 Å². The molecule has 4 N–H and O–H groups in total. The van der Waals surface area contributed by atoms with Gasteiger partial charge in [0.15, 0.2) is 0 Å². The van der Waals surface area contributed by atoms with Gasteiger partial charge < -0.3 is 20.9 Å². The minimum Gasteiger partial charge on any atom is -0.496 e. The molecule has 96 valence electrons. The highest BCUT2D eigenvalue weighted by Gasteiger charge is 2.20. The van der Waals surface area contributed by atoms with Crippen molar-refractivity contribution in [1.29, 1.82) is 0 Å². The van der Waals surface area contributed by atoms with E-state index in [1.165, 1.54) is 0 Å². The van der Waals surface area contributed by atoms with Crippen molar-refractivity contribution in [3.8, 4) is 5.75 Å². The van der Waals surface area contributed by atoms with Crippen LogP contribution in [0, 0.1) is 0 Å². The number of aliphatic hydroxyl groups excluding tert-OH is 1. The lowest BCUT2D eigenvalue weighted by Gasteiger charge is -2.21. The van der Waals surface area contributed by atoms with Crippen LogP contribution in [0.25, 0.3) is 0 Å². The first-order chi connectivity index (χ1) is 8.10. The van der Waals surface area contributed by atoms with Crippen molar-refractivity contribution in [1.82, 2.24) is 5.32 Å². The van der Waals surface area contributed by atoms with Crippen LogP contribution in [0.15, 0.2) is 18.2 Å². The highest BCUT2D eigenvalue weighted by Crippen LogP contribution is 2.30. The van der Waals surface area contributed by atoms with E-state index in [4.69, 9.17) is 22.1 Å². The van der Waals surface area contributed by atoms with E-state index >= 15 is 0 Å². The van der Waals surface area contributed by atoms with Crippen molar-refractivity contribution < 1.29 is 9.84 Å². The number of halogens is 1. The molecular formula is C12H19ClN2O2. The van der Waals surface area contributed by atoms with Gasteiger partial charge >= 0.3 is 0 Å². The second-order valence-corrected chi connectivity index (χ2v) is 4.32. The molecule has 0 amide bonds. The Bertz CT molecular complexity index is 360. The zero-order valence-electron chi connectivity index (χ0n) is 10.1. The Hall–Kier alpha value is -0.810. The van der Waals surface area contributed by atoms with Crippen molar-refractivity contribution >= 4 is 11.6 Å². The lowest BCUT2D eigenvalue weighted by molar-refractivity contribution is 0.139. The standard InChI is InChI=1S/C12H19ClN2O2/c1-15-6-5-10(14)12(16)9-7-8(13)3-4-11(9)17-2/h3-4,7,10,12,15-16H,5-6,14H2,1-2H3. The van der Waals surface area contributed by atoms with E-state index < -0.39 is 6.10 Å². The van der Waals surface area contributed by atoms with Crippen LogP contribution in [0.4, 0.5) is 0 Å². The van der Waals surface area contributed by atoms with E-state index in [0.29, 0.717) is 22.8 Å². The fourth-order valence-corrected chi connectivity index (χ4v) is 1.82. The van der Waals surface area contributed by atoms with E-state index in [-0.39, 0.29) is 6.04 Å². The van der Waals surface area contributed by atoms with Gasteiger partial charge in [-0.3, -0.25) is 0 Å². The summed E-state index contributed by atoms with van der Waals surface area (Å²) < 4.78 is 5.19. The van der Waals surface area contributed by atoms with Crippen molar-refractivity contribution in [2.24, 2.45) is 5.73 Å². The van der Waals surface area contributed by atoms with Crippen LogP contribution in [-0.2, 0) is 0 Å². The average Bonchev–Trinajstić information content (AvgIpc) is 2.34. The molecule has 1 aromatic carbocycles. The van der Waals surface area contributed by atoms with Crippen LogP contribution in [0.1, 0.15) is 18.1 Å². The first-order valence-electron chi connectivity index (χ1n) is 5.51. The Balaban J connectivity index is 2.86. The molecule has 0 aliphatic rings. The van der Waals surface area contributed by atoms with Gasteiger partial charge in [-0.2, -0.15) is 0 Å². The second-order valence-electron chi connectivity index (χ2n) is 3.89. The molecule has 0 saturated carbocycles. The molecule has 0 aliphatic carbocycles. The summed E-state index contributed by atoms with van der Waals surface area (Å²) >= 11 is 5.91. The summed E-state index contributed by atoms with van der Waals surface area (Å²) in [5, 5.41) is 13.7. The van der Waals surface area contributed by atoms with Crippen LogP contribution < -0.4 is 15.8 Å². The maximum atomic E-state index is 10.2. The van der Waals surface area contributed by atoms with Gasteiger partial charge in [-0.1, -0.05) is 11.6 Å². The topological polar surface area (TPSA) is 67.5 Å². The quantitative estimate of drug-likeness (QED) is 0.720. The predicted octanol–water partition coefficient (Wildman–Crippen LogP) is 1.32. The number of aliphatic hydroxyl groups is 1. The first-order valence-corrected chi connectivity index (χ1v) is 5.89.